The van der Waals surface area contributed by atoms with Crippen LogP contribution in [0, 0.1) is 0 Å². The number of nitrogens with one attached hydrogen (secondary N) is 1. The standard InChI is InChI=1S/C20H19ClN2O3S/c21-13-5-6-17-14(10-13)16(24)11-18(26-17)20(25)22-12-15(19-4-3-9-27-19)23-7-1-2-8-23/h3-6,9-11,15H,1-2,7-8,12H2,(H,22,25). The van der Waals surface area contributed by atoms with Crippen LogP contribution >= 0.6 is 22.9 Å². The van der Waals surface area contributed by atoms with Crippen LogP contribution in [0.3, 0.4) is 0 Å². The first-order chi connectivity index (χ1) is 13.1. The molecule has 1 amide bonds. The second-order valence-corrected chi connectivity index (χ2v) is 8.02. The molecule has 0 saturated carbocycles. The quantitative estimate of drug-likeness (QED) is 0.698. The molecule has 1 saturated heterocycles. The van der Waals surface area contributed by atoms with E-state index in [0.717, 1.165) is 13.1 Å². The molecule has 0 aliphatic carbocycles. The minimum absolute atomic E-state index is 0.0150. The predicted octanol–water partition coefficient (Wildman–Crippen LogP) is 4.07. The molecule has 27 heavy (non-hydrogen) atoms. The van der Waals surface area contributed by atoms with Crippen LogP contribution in [0.2, 0.25) is 5.02 Å². The molecule has 3 heterocycles. The molecule has 1 N–H and O–H groups in total. The van der Waals surface area contributed by atoms with E-state index in [2.05, 4.69) is 16.3 Å². The van der Waals surface area contributed by atoms with E-state index in [1.54, 1.807) is 29.5 Å². The molecule has 2 aromatic heterocycles. The second-order valence-electron chi connectivity index (χ2n) is 6.60. The number of benzene rings is 1. The lowest BCUT2D eigenvalue weighted by molar-refractivity contribution is 0.0911. The van der Waals surface area contributed by atoms with Crippen LogP contribution in [0.25, 0.3) is 11.0 Å². The normalized spacial score (nSPS) is 15.9. The number of likely N-dealkylation sites (tertiary alicyclic amines) is 1. The van der Waals surface area contributed by atoms with Gasteiger partial charge in [0, 0.05) is 22.5 Å². The van der Waals surface area contributed by atoms with Gasteiger partial charge in [0.2, 0.25) is 0 Å². The van der Waals surface area contributed by atoms with Crippen molar-refractivity contribution in [2.75, 3.05) is 19.6 Å². The average molecular weight is 403 g/mol. The third kappa shape index (κ3) is 3.93. The monoisotopic (exact) mass is 402 g/mol. The smallest absolute Gasteiger partial charge is 0.287 e. The maximum absolute atomic E-state index is 12.6. The van der Waals surface area contributed by atoms with Crippen LogP contribution in [-0.4, -0.2) is 30.4 Å². The Morgan fingerprint density at radius 1 is 1.26 bits per heavy atom. The van der Waals surface area contributed by atoms with Crippen molar-refractivity contribution < 1.29 is 9.21 Å². The highest BCUT2D eigenvalue weighted by molar-refractivity contribution is 7.10. The van der Waals surface area contributed by atoms with Gasteiger partial charge in [0.1, 0.15) is 5.58 Å². The maximum atomic E-state index is 12.6. The fourth-order valence-corrected chi connectivity index (χ4v) is 4.49. The summed E-state index contributed by atoms with van der Waals surface area (Å²) in [4.78, 5) is 28.5. The lowest BCUT2D eigenvalue weighted by Gasteiger charge is -2.26. The molecule has 140 valence electrons. The molecule has 1 unspecified atom stereocenters. The van der Waals surface area contributed by atoms with Gasteiger partial charge < -0.3 is 9.73 Å². The van der Waals surface area contributed by atoms with Crippen LogP contribution in [0.4, 0.5) is 0 Å². The third-order valence-corrected chi connectivity index (χ3v) is 6.03. The molecule has 3 aromatic rings. The molecule has 1 aliphatic heterocycles. The van der Waals surface area contributed by atoms with Crippen molar-refractivity contribution in [3.05, 3.63) is 67.7 Å². The minimum Gasteiger partial charge on any atom is -0.451 e. The number of fused-ring (bicyclic) bond motifs is 1. The summed E-state index contributed by atoms with van der Waals surface area (Å²) in [5.74, 6) is -0.370. The number of carbonyl (C=O) groups excluding carboxylic acids is 1. The Kier molecular flexibility index (Phi) is 5.29. The van der Waals surface area contributed by atoms with Gasteiger partial charge in [-0.05, 0) is 55.6 Å². The molecule has 0 bridgehead atoms. The van der Waals surface area contributed by atoms with Gasteiger partial charge in [-0.2, -0.15) is 0 Å². The van der Waals surface area contributed by atoms with Gasteiger partial charge in [-0.1, -0.05) is 17.7 Å². The average Bonchev–Trinajstić information content (AvgIpc) is 3.36. The number of carbonyl (C=O) groups is 1. The van der Waals surface area contributed by atoms with Crippen molar-refractivity contribution in [1.29, 1.82) is 0 Å². The molecular weight excluding hydrogens is 384 g/mol. The summed E-state index contributed by atoms with van der Waals surface area (Å²) in [6.07, 6.45) is 2.36. The van der Waals surface area contributed by atoms with Gasteiger partial charge in [-0.25, -0.2) is 0 Å². The zero-order chi connectivity index (χ0) is 18.8. The molecule has 0 radical (unpaired) electrons. The fraction of sp³-hybridized carbons (Fsp3) is 0.300. The molecule has 1 fully saturated rings. The topological polar surface area (TPSA) is 62.6 Å². The summed E-state index contributed by atoms with van der Waals surface area (Å²) in [5.41, 5.74) is 0.0737. The Bertz CT molecular complexity index is 1010. The summed E-state index contributed by atoms with van der Waals surface area (Å²) in [5, 5.41) is 5.81. The summed E-state index contributed by atoms with van der Waals surface area (Å²) < 4.78 is 5.63. The zero-order valence-electron chi connectivity index (χ0n) is 14.6. The number of rotatable bonds is 5. The predicted molar refractivity (Wildman–Crippen MR) is 108 cm³/mol. The Balaban J connectivity index is 1.53. The lowest BCUT2D eigenvalue weighted by Crippen LogP contribution is -2.36. The molecule has 7 heteroatoms. The van der Waals surface area contributed by atoms with Crippen molar-refractivity contribution in [2.45, 2.75) is 18.9 Å². The number of thiophene rings is 1. The van der Waals surface area contributed by atoms with E-state index in [-0.39, 0.29) is 23.1 Å². The lowest BCUT2D eigenvalue weighted by atomic mass is 10.2. The zero-order valence-corrected chi connectivity index (χ0v) is 16.2. The molecule has 1 atom stereocenters. The summed E-state index contributed by atoms with van der Waals surface area (Å²) in [7, 11) is 0. The minimum atomic E-state index is -0.385. The number of halogens is 1. The third-order valence-electron chi connectivity index (χ3n) is 4.82. The Labute approximate surface area is 165 Å². The van der Waals surface area contributed by atoms with E-state index in [9.17, 15) is 9.59 Å². The van der Waals surface area contributed by atoms with Crippen LogP contribution in [0.1, 0.15) is 34.3 Å². The van der Waals surface area contributed by atoms with Gasteiger partial charge in [0.15, 0.2) is 11.2 Å². The molecule has 0 spiro atoms. The fourth-order valence-electron chi connectivity index (χ4n) is 3.46. The van der Waals surface area contributed by atoms with Gasteiger partial charge in [-0.3, -0.25) is 14.5 Å². The van der Waals surface area contributed by atoms with Crippen molar-refractivity contribution in [1.82, 2.24) is 10.2 Å². The number of hydrogen-bond donors (Lipinski definition) is 1. The second kappa shape index (κ2) is 7.84. The molecular formula is C20H19ClN2O3S. The van der Waals surface area contributed by atoms with E-state index in [1.807, 2.05) is 11.4 Å². The Morgan fingerprint density at radius 3 is 2.81 bits per heavy atom. The van der Waals surface area contributed by atoms with E-state index in [0.29, 0.717) is 22.5 Å². The van der Waals surface area contributed by atoms with Crippen molar-refractivity contribution >= 4 is 39.8 Å². The Morgan fingerprint density at radius 2 is 2.07 bits per heavy atom. The summed E-state index contributed by atoms with van der Waals surface area (Å²) in [6, 6.07) is 10.3. The van der Waals surface area contributed by atoms with Crippen molar-refractivity contribution in [3.8, 4) is 0 Å². The van der Waals surface area contributed by atoms with Crippen molar-refractivity contribution in [3.63, 3.8) is 0 Å². The van der Waals surface area contributed by atoms with Gasteiger partial charge >= 0.3 is 0 Å². The highest BCUT2D eigenvalue weighted by Gasteiger charge is 2.25. The molecule has 5 nitrogen and oxygen atoms in total. The molecule has 1 aromatic carbocycles. The highest BCUT2D eigenvalue weighted by Crippen LogP contribution is 2.28. The number of amides is 1. The first kappa shape index (κ1) is 18.2. The SMILES string of the molecule is O=C(NCC(c1cccs1)N1CCCC1)c1cc(=O)c2cc(Cl)ccc2o1. The van der Waals surface area contributed by atoms with Gasteiger partial charge in [0.25, 0.3) is 5.91 Å². The first-order valence-corrected chi connectivity index (χ1v) is 10.2. The van der Waals surface area contributed by atoms with Crippen molar-refractivity contribution in [2.24, 2.45) is 0 Å². The number of hydrogen-bond acceptors (Lipinski definition) is 5. The van der Waals surface area contributed by atoms with E-state index in [1.165, 1.54) is 23.8 Å². The van der Waals surface area contributed by atoms with Gasteiger partial charge in [0.05, 0.1) is 11.4 Å². The van der Waals surface area contributed by atoms with Gasteiger partial charge in [-0.15, -0.1) is 11.3 Å². The maximum Gasteiger partial charge on any atom is 0.287 e. The van der Waals surface area contributed by atoms with E-state index >= 15 is 0 Å². The highest BCUT2D eigenvalue weighted by atomic mass is 35.5. The molecule has 1 aliphatic rings. The summed E-state index contributed by atoms with van der Waals surface area (Å²) in [6.45, 7) is 2.54. The van der Waals surface area contributed by atoms with E-state index < -0.39 is 0 Å². The number of nitrogens with zero attached hydrogens (tertiary/aromatic N) is 1. The Hall–Kier alpha value is -2.15. The van der Waals surface area contributed by atoms with E-state index in [4.69, 9.17) is 16.0 Å². The molecule has 4 rings (SSSR count). The first-order valence-electron chi connectivity index (χ1n) is 8.91. The van der Waals surface area contributed by atoms with Crippen LogP contribution in [-0.2, 0) is 0 Å². The van der Waals surface area contributed by atoms with Crippen LogP contribution in [0.15, 0.2) is 51.0 Å². The van der Waals surface area contributed by atoms with Crippen LogP contribution < -0.4 is 10.7 Å². The summed E-state index contributed by atoms with van der Waals surface area (Å²) >= 11 is 7.62. The largest absolute Gasteiger partial charge is 0.451 e. The van der Waals surface area contributed by atoms with Crippen LogP contribution in [0.5, 0.6) is 0 Å².